The Morgan fingerprint density at radius 2 is 1.52 bits per heavy atom. The predicted octanol–water partition coefficient (Wildman–Crippen LogP) is 5.94. The van der Waals surface area contributed by atoms with Crippen molar-refractivity contribution < 1.29 is 18.9 Å². The largest absolute Gasteiger partial charge is 0.448 e. The zero-order chi connectivity index (χ0) is 23.8. The number of ether oxygens (including phenoxy) is 4. The second-order valence-corrected chi connectivity index (χ2v) is 9.65. The van der Waals surface area contributed by atoms with Crippen molar-refractivity contribution in [1.82, 2.24) is 0 Å². The van der Waals surface area contributed by atoms with E-state index in [1.165, 1.54) is 0 Å². The van der Waals surface area contributed by atoms with Crippen molar-refractivity contribution in [2.75, 3.05) is 0 Å². The smallest absolute Gasteiger partial charge is 0.265 e. The van der Waals surface area contributed by atoms with Crippen LogP contribution in [0.3, 0.4) is 0 Å². The van der Waals surface area contributed by atoms with Gasteiger partial charge >= 0.3 is 0 Å². The third-order valence-electron chi connectivity index (χ3n) is 5.00. The average molecular weight is 514 g/mol. The second-order valence-electron chi connectivity index (χ2n) is 7.37. The Kier molecular flexibility index (Phi) is 9.23. The van der Waals surface area contributed by atoms with Gasteiger partial charge < -0.3 is 18.9 Å². The van der Waals surface area contributed by atoms with Crippen LogP contribution in [0.1, 0.15) is 18.1 Å². The molecule has 0 aliphatic carbocycles. The third kappa shape index (κ3) is 7.22. The van der Waals surface area contributed by atoms with E-state index >= 15 is 0 Å². The van der Waals surface area contributed by atoms with E-state index in [0.29, 0.717) is 6.61 Å². The second kappa shape index (κ2) is 11.9. The van der Waals surface area contributed by atoms with Crippen LogP contribution in [0.2, 0.25) is 0 Å². The van der Waals surface area contributed by atoms with Crippen LogP contribution in [-0.4, -0.2) is 40.3 Å². The highest BCUT2D eigenvalue weighted by molar-refractivity contribution is 6.76. The molecule has 0 saturated carbocycles. The number of nitrogens with one attached hydrogen (secondary N) is 1. The van der Waals surface area contributed by atoms with Crippen molar-refractivity contribution in [3.8, 4) is 0 Å². The van der Waals surface area contributed by atoms with Crippen LogP contribution >= 0.6 is 34.8 Å². The van der Waals surface area contributed by atoms with Crippen molar-refractivity contribution in [2.45, 2.75) is 54.6 Å². The van der Waals surface area contributed by atoms with E-state index in [0.717, 1.165) is 11.1 Å². The molecule has 2 aromatic rings. The van der Waals surface area contributed by atoms with E-state index in [9.17, 15) is 5.53 Å². The molecule has 0 bridgehead atoms. The summed E-state index contributed by atoms with van der Waals surface area (Å²) in [5.74, 6) is -0.659. The first kappa shape index (κ1) is 25.6. The van der Waals surface area contributed by atoms with Gasteiger partial charge in [-0.3, -0.25) is 5.41 Å². The molecule has 0 spiro atoms. The van der Waals surface area contributed by atoms with Crippen LogP contribution in [0.4, 0.5) is 0 Å². The van der Waals surface area contributed by atoms with Crippen molar-refractivity contribution >= 4 is 40.7 Å². The Labute approximate surface area is 206 Å². The van der Waals surface area contributed by atoms with Gasteiger partial charge in [0, 0.05) is 4.91 Å². The minimum absolute atomic E-state index is 0.232. The van der Waals surface area contributed by atoms with E-state index in [1.807, 2.05) is 60.7 Å². The van der Waals surface area contributed by atoms with Crippen LogP contribution in [0.15, 0.2) is 65.8 Å². The van der Waals surface area contributed by atoms with Gasteiger partial charge in [-0.15, -0.1) is 0 Å². The molecule has 176 valence electrons. The van der Waals surface area contributed by atoms with Gasteiger partial charge in [-0.2, -0.15) is 0 Å². The zero-order valence-electron chi connectivity index (χ0n) is 17.7. The fraction of sp³-hybridized carbons (Fsp3) is 0.409. The van der Waals surface area contributed by atoms with Gasteiger partial charge in [-0.1, -0.05) is 101 Å². The SMILES string of the molecule is C[C@@H]1O[C@@H](OC(=N)C(Cl)(Cl)Cl)[C@@H](N=[N+]=[N-])[C@H](OCc2ccccc2)[C@@H]1OCc1ccccc1. The number of alkyl halides is 3. The molecule has 3 rings (SSSR count). The van der Waals surface area contributed by atoms with Gasteiger partial charge in [0.25, 0.3) is 3.79 Å². The highest BCUT2D eigenvalue weighted by Gasteiger charge is 2.48. The summed E-state index contributed by atoms with van der Waals surface area (Å²) in [7, 11) is 0. The Balaban J connectivity index is 1.85. The van der Waals surface area contributed by atoms with Crippen molar-refractivity contribution in [1.29, 1.82) is 5.41 Å². The van der Waals surface area contributed by atoms with Crippen LogP contribution in [0.5, 0.6) is 0 Å². The standard InChI is InChI=1S/C22H23Cl3N4O4/c1-14-18(30-12-15-8-4-2-5-9-15)19(31-13-16-10-6-3-7-11-16)17(28-29-27)20(32-14)33-21(26)22(23,24)25/h2-11,14,17-20,26H,12-13H2,1H3/t14-,17-,18+,19-,20-/m0/s1. The normalized spacial score (nSPS) is 25.2. The topological polar surface area (TPSA) is 110 Å². The first-order valence-electron chi connectivity index (χ1n) is 10.1. The van der Waals surface area contributed by atoms with Crippen LogP contribution in [-0.2, 0) is 32.2 Å². The lowest BCUT2D eigenvalue weighted by Crippen LogP contribution is -2.59. The summed E-state index contributed by atoms with van der Waals surface area (Å²) in [6.45, 7) is 2.30. The third-order valence-corrected chi connectivity index (χ3v) is 5.51. The van der Waals surface area contributed by atoms with E-state index < -0.39 is 40.3 Å². The molecular formula is C22H23Cl3N4O4. The minimum atomic E-state index is -2.10. The van der Waals surface area contributed by atoms with Gasteiger partial charge in [-0.25, -0.2) is 0 Å². The molecule has 33 heavy (non-hydrogen) atoms. The van der Waals surface area contributed by atoms with Gasteiger partial charge in [0.15, 0.2) is 0 Å². The quantitative estimate of drug-likeness (QED) is 0.117. The van der Waals surface area contributed by atoms with Gasteiger partial charge in [0.2, 0.25) is 12.2 Å². The van der Waals surface area contributed by atoms with Crippen LogP contribution in [0, 0.1) is 5.41 Å². The summed E-state index contributed by atoms with van der Waals surface area (Å²) in [6, 6.07) is 18.1. The summed E-state index contributed by atoms with van der Waals surface area (Å²) in [6.07, 6.45) is -3.13. The van der Waals surface area contributed by atoms with Crippen molar-refractivity contribution in [3.63, 3.8) is 0 Å². The Bertz CT molecular complexity index is 955. The molecule has 11 heteroatoms. The zero-order valence-corrected chi connectivity index (χ0v) is 20.0. The molecule has 1 heterocycles. The molecule has 0 aromatic heterocycles. The van der Waals surface area contributed by atoms with Crippen molar-refractivity contribution in [2.24, 2.45) is 5.11 Å². The molecule has 5 atom stereocenters. The summed E-state index contributed by atoms with van der Waals surface area (Å²) in [5.41, 5.74) is 11.1. The lowest BCUT2D eigenvalue weighted by Gasteiger charge is -2.43. The van der Waals surface area contributed by atoms with Crippen molar-refractivity contribution in [3.05, 3.63) is 82.2 Å². The lowest BCUT2D eigenvalue weighted by atomic mass is 9.97. The number of halogens is 3. The molecule has 1 aliphatic rings. The van der Waals surface area contributed by atoms with Gasteiger partial charge in [0.05, 0.1) is 19.3 Å². The lowest BCUT2D eigenvalue weighted by molar-refractivity contribution is -0.255. The first-order chi connectivity index (χ1) is 15.8. The summed E-state index contributed by atoms with van der Waals surface area (Å²) in [5, 5.41) is 11.7. The Hall–Kier alpha value is -2.03. The van der Waals surface area contributed by atoms with E-state index in [2.05, 4.69) is 10.0 Å². The summed E-state index contributed by atoms with van der Waals surface area (Å²) >= 11 is 17.3. The molecule has 1 aliphatic heterocycles. The van der Waals surface area contributed by atoms with Gasteiger partial charge in [0.1, 0.15) is 18.2 Å². The van der Waals surface area contributed by atoms with Crippen LogP contribution < -0.4 is 0 Å². The summed E-state index contributed by atoms with van der Waals surface area (Å²) < 4.78 is 21.6. The number of hydrogen-bond donors (Lipinski definition) is 1. The number of azide groups is 1. The van der Waals surface area contributed by atoms with E-state index in [1.54, 1.807) is 6.92 Å². The molecule has 1 fully saturated rings. The average Bonchev–Trinajstić information content (AvgIpc) is 2.79. The number of benzene rings is 2. The molecule has 1 N–H and O–H groups in total. The van der Waals surface area contributed by atoms with Crippen LogP contribution in [0.25, 0.3) is 10.4 Å². The number of nitrogens with zero attached hydrogens (tertiary/aromatic N) is 3. The Morgan fingerprint density at radius 1 is 1.00 bits per heavy atom. The molecule has 0 radical (unpaired) electrons. The fourth-order valence-electron chi connectivity index (χ4n) is 3.40. The Morgan fingerprint density at radius 3 is 2.00 bits per heavy atom. The van der Waals surface area contributed by atoms with E-state index in [4.69, 9.17) is 59.2 Å². The highest BCUT2D eigenvalue weighted by Crippen LogP contribution is 2.34. The fourth-order valence-corrected chi connectivity index (χ4v) is 3.54. The molecule has 8 nitrogen and oxygen atoms in total. The van der Waals surface area contributed by atoms with E-state index in [-0.39, 0.29) is 6.61 Å². The maximum Gasteiger partial charge on any atom is 0.265 e. The minimum Gasteiger partial charge on any atom is -0.448 e. The number of rotatable bonds is 8. The monoisotopic (exact) mass is 512 g/mol. The molecule has 0 amide bonds. The maximum absolute atomic E-state index is 9.21. The predicted molar refractivity (Wildman–Crippen MR) is 126 cm³/mol. The number of hydrogen-bond acceptors (Lipinski definition) is 6. The molecular weight excluding hydrogens is 491 g/mol. The highest BCUT2D eigenvalue weighted by atomic mass is 35.6. The molecule has 0 unspecified atom stereocenters. The van der Waals surface area contributed by atoms with Gasteiger partial charge in [-0.05, 0) is 23.6 Å². The molecule has 1 saturated heterocycles. The summed E-state index contributed by atoms with van der Waals surface area (Å²) in [4.78, 5) is 2.92. The molecule has 2 aromatic carbocycles. The maximum atomic E-state index is 9.21. The first-order valence-corrected chi connectivity index (χ1v) is 11.3.